The van der Waals surface area contributed by atoms with Crippen molar-refractivity contribution in [2.45, 2.75) is 20.4 Å². The monoisotopic (exact) mass is 347 g/mol. The largest absolute Gasteiger partial charge is 0.352 e. The van der Waals surface area contributed by atoms with Gasteiger partial charge in [-0.25, -0.2) is 0 Å². The molecule has 1 heterocycles. The molecule has 22 heavy (non-hydrogen) atoms. The Balaban J connectivity index is 0.00000220. The average molecular weight is 348 g/mol. The number of amides is 1. The van der Waals surface area contributed by atoms with Crippen LogP contribution in [0.25, 0.3) is 0 Å². The predicted octanol–water partition coefficient (Wildman–Crippen LogP) is 2.32. The summed E-state index contributed by atoms with van der Waals surface area (Å²) >= 11 is 0. The molecule has 0 saturated carbocycles. The van der Waals surface area contributed by atoms with E-state index in [1.54, 1.807) is 0 Å². The zero-order chi connectivity index (χ0) is 14.4. The summed E-state index contributed by atoms with van der Waals surface area (Å²) in [4.78, 5) is 14.5. The standard InChI is InChI=1S/C16H25N3O.2ClH/c1-13(2)11-18-16(20)15-5-3-4-14(10-15)12-19-8-6-17-7-9-19;;/h3-5,10,13,17H,6-9,11-12H2,1-2H3,(H,18,20);2*1H. The molecular formula is C16H27Cl2N3O. The smallest absolute Gasteiger partial charge is 0.251 e. The Morgan fingerprint density at radius 3 is 2.59 bits per heavy atom. The van der Waals surface area contributed by atoms with E-state index < -0.39 is 0 Å². The minimum atomic E-state index is 0. The number of halogens is 2. The van der Waals surface area contributed by atoms with Crippen LogP contribution in [0.15, 0.2) is 24.3 Å². The Hall–Kier alpha value is -0.810. The molecule has 126 valence electrons. The molecule has 0 bridgehead atoms. The lowest BCUT2D eigenvalue weighted by molar-refractivity contribution is 0.0949. The van der Waals surface area contributed by atoms with Crippen LogP contribution in [0.5, 0.6) is 0 Å². The Labute approximate surface area is 145 Å². The first-order chi connectivity index (χ1) is 9.65. The molecule has 1 saturated heterocycles. The summed E-state index contributed by atoms with van der Waals surface area (Å²) in [5.74, 6) is 0.504. The summed E-state index contributed by atoms with van der Waals surface area (Å²) in [5, 5.41) is 6.32. The average Bonchev–Trinajstić information content (AvgIpc) is 2.46. The summed E-state index contributed by atoms with van der Waals surface area (Å²) in [6, 6.07) is 7.97. The van der Waals surface area contributed by atoms with Gasteiger partial charge in [-0.05, 0) is 23.6 Å². The van der Waals surface area contributed by atoms with Crippen molar-refractivity contribution in [3.63, 3.8) is 0 Å². The van der Waals surface area contributed by atoms with Crippen LogP contribution in [0.2, 0.25) is 0 Å². The Morgan fingerprint density at radius 1 is 1.27 bits per heavy atom. The van der Waals surface area contributed by atoms with Crippen LogP contribution < -0.4 is 10.6 Å². The highest BCUT2D eigenvalue weighted by Gasteiger charge is 2.11. The lowest BCUT2D eigenvalue weighted by atomic mass is 10.1. The molecule has 6 heteroatoms. The quantitative estimate of drug-likeness (QED) is 0.858. The highest BCUT2D eigenvalue weighted by atomic mass is 35.5. The molecular weight excluding hydrogens is 321 g/mol. The van der Waals surface area contributed by atoms with Crippen molar-refractivity contribution in [1.82, 2.24) is 15.5 Å². The minimum absolute atomic E-state index is 0. The first kappa shape index (κ1) is 21.2. The second-order valence-corrected chi connectivity index (χ2v) is 5.83. The van der Waals surface area contributed by atoms with Gasteiger partial charge in [0.2, 0.25) is 0 Å². The number of rotatable bonds is 5. The number of hydrogen-bond acceptors (Lipinski definition) is 3. The SMILES string of the molecule is CC(C)CNC(=O)c1cccc(CN2CCNCC2)c1.Cl.Cl. The summed E-state index contributed by atoms with van der Waals surface area (Å²) in [6.45, 7) is 10.1. The van der Waals surface area contributed by atoms with Gasteiger partial charge in [-0.15, -0.1) is 24.8 Å². The van der Waals surface area contributed by atoms with E-state index in [1.165, 1.54) is 5.56 Å². The normalized spacial score (nSPS) is 14.9. The van der Waals surface area contributed by atoms with Crippen LogP contribution in [0.4, 0.5) is 0 Å². The van der Waals surface area contributed by atoms with Gasteiger partial charge >= 0.3 is 0 Å². The van der Waals surface area contributed by atoms with E-state index in [9.17, 15) is 4.79 Å². The highest BCUT2D eigenvalue weighted by molar-refractivity contribution is 5.94. The van der Waals surface area contributed by atoms with Crippen LogP contribution in [0, 0.1) is 5.92 Å². The second kappa shape index (κ2) is 10.8. The number of nitrogens with one attached hydrogen (secondary N) is 2. The second-order valence-electron chi connectivity index (χ2n) is 5.83. The lowest BCUT2D eigenvalue weighted by Crippen LogP contribution is -2.42. The molecule has 0 atom stereocenters. The van der Waals surface area contributed by atoms with Crippen molar-refractivity contribution in [2.24, 2.45) is 5.92 Å². The molecule has 1 aliphatic heterocycles. The van der Waals surface area contributed by atoms with Gasteiger partial charge in [0.1, 0.15) is 0 Å². The molecule has 1 aromatic carbocycles. The van der Waals surface area contributed by atoms with E-state index in [0.29, 0.717) is 5.92 Å². The van der Waals surface area contributed by atoms with Gasteiger partial charge in [0.25, 0.3) is 5.91 Å². The summed E-state index contributed by atoms with van der Waals surface area (Å²) in [6.07, 6.45) is 0. The third-order valence-electron chi connectivity index (χ3n) is 3.48. The Bertz CT molecular complexity index is 449. The van der Waals surface area contributed by atoms with Crippen LogP contribution >= 0.6 is 24.8 Å². The van der Waals surface area contributed by atoms with Crippen molar-refractivity contribution < 1.29 is 4.79 Å². The van der Waals surface area contributed by atoms with E-state index >= 15 is 0 Å². The van der Waals surface area contributed by atoms with Crippen molar-refractivity contribution in [1.29, 1.82) is 0 Å². The maximum atomic E-state index is 12.1. The number of benzene rings is 1. The number of piperazine rings is 1. The fraction of sp³-hybridized carbons (Fsp3) is 0.562. The highest BCUT2D eigenvalue weighted by Crippen LogP contribution is 2.09. The van der Waals surface area contributed by atoms with Crippen LogP contribution in [-0.4, -0.2) is 43.5 Å². The zero-order valence-electron chi connectivity index (χ0n) is 13.3. The van der Waals surface area contributed by atoms with E-state index in [0.717, 1.165) is 44.8 Å². The van der Waals surface area contributed by atoms with Crippen molar-refractivity contribution >= 4 is 30.7 Å². The molecule has 1 fully saturated rings. The van der Waals surface area contributed by atoms with E-state index in [1.807, 2.05) is 18.2 Å². The molecule has 2 N–H and O–H groups in total. The molecule has 1 aromatic rings. The summed E-state index contributed by atoms with van der Waals surface area (Å²) in [5.41, 5.74) is 1.97. The molecule has 2 rings (SSSR count). The maximum absolute atomic E-state index is 12.1. The first-order valence-electron chi connectivity index (χ1n) is 7.45. The molecule has 0 unspecified atom stereocenters. The van der Waals surface area contributed by atoms with Gasteiger partial charge in [-0.3, -0.25) is 9.69 Å². The van der Waals surface area contributed by atoms with E-state index in [4.69, 9.17) is 0 Å². The van der Waals surface area contributed by atoms with Crippen LogP contribution in [0.1, 0.15) is 29.8 Å². The van der Waals surface area contributed by atoms with E-state index in [2.05, 4.69) is 35.4 Å². The fourth-order valence-corrected chi connectivity index (χ4v) is 2.34. The maximum Gasteiger partial charge on any atom is 0.251 e. The van der Waals surface area contributed by atoms with Crippen LogP contribution in [0.3, 0.4) is 0 Å². The molecule has 0 aromatic heterocycles. The van der Waals surface area contributed by atoms with Gasteiger partial charge in [-0.1, -0.05) is 26.0 Å². The Kier molecular flexibility index (Phi) is 10.4. The van der Waals surface area contributed by atoms with Gasteiger partial charge < -0.3 is 10.6 Å². The summed E-state index contributed by atoms with van der Waals surface area (Å²) in [7, 11) is 0. The van der Waals surface area contributed by atoms with Crippen molar-refractivity contribution in [3.05, 3.63) is 35.4 Å². The number of nitrogens with zero attached hydrogens (tertiary/aromatic N) is 1. The molecule has 0 spiro atoms. The predicted molar refractivity (Wildman–Crippen MR) is 96.3 cm³/mol. The number of carbonyl (C=O) groups excluding carboxylic acids is 1. The van der Waals surface area contributed by atoms with E-state index in [-0.39, 0.29) is 30.7 Å². The van der Waals surface area contributed by atoms with Gasteiger partial charge in [0.15, 0.2) is 0 Å². The molecule has 1 amide bonds. The van der Waals surface area contributed by atoms with Crippen molar-refractivity contribution in [2.75, 3.05) is 32.7 Å². The van der Waals surface area contributed by atoms with Crippen molar-refractivity contribution in [3.8, 4) is 0 Å². The zero-order valence-corrected chi connectivity index (χ0v) is 14.9. The summed E-state index contributed by atoms with van der Waals surface area (Å²) < 4.78 is 0. The molecule has 1 aliphatic rings. The lowest BCUT2D eigenvalue weighted by Gasteiger charge is -2.27. The molecule has 4 nitrogen and oxygen atoms in total. The fourth-order valence-electron chi connectivity index (χ4n) is 2.34. The third-order valence-corrected chi connectivity index (χ3v) is 3.48. The molecule has 0 radical (unpaired) electrons. The molecule has 0 aliphatic carbocycles. The third kappa shape index (κ3) is 6.97. The van der Waals surface area contributed by atoms with Gasteiger partial charge in [-0.2, -0.15) is 0 Å². The van der Waals surface area contributed by atoms with Gasteiger partial charge in [0.05, 0.1) is 0 Å². The number of carbonyl (C=O) groups is 1. The minimum Gasteiger partial charge on any atom is -0.352 e. The van der Waals surface area contributed by atoms with Crippen LogP contribution in [-0.2, 0) is 6.54 Å². The van der Waals surface area contributed by atoms with Gasteiger partial charge in [0, 0.05) is 44.8 Å². The number of hydrogen-bond donors (Lipinski definition) is 2. The first-order valence-corrected chi connectivity index (χ1v) is 7.45. The Morgan fingerprint density at radius 2 is 1.95 bits per heavy atom. The topological polar surface area (TPSA) is 44.4 Å².